The van der Waals surface area contributed by atoms with E-state index in [4.69, 9.17) is 0 Å². The summed E-state index contributed by atoms with van der Waals surface area (Å²) < 4.78 is 0. The van der Waals surface area contributed by atoms with Crippen LogP contribution in [0.15, 0.2) is 11.4 Å². The van der Waals surface area contributed by atoms with Gasteiger partial charge < -0.3 is 5.32 Å². The molecule has 1 aromatic rings. The summed E-state index contributed by atoms with van der Waals surface area (Å²) in [5, 5.41) is 5.79. The van der Waals surface area contributed by atoms with Gasteiger partial charge in [-0.3, -0.25) is 0 Å². The SMILES string of the molecule is Cc1sccc1CC(C)CNC1CC1. The van der Waals surface area contributed by atoms with Crippen LogP contribution in [0.4, 0.5) is 0 Å². The summed E-state index contributed by atoms with van der Waals surface area (Å²) in [6.45, 7) is 5.74. The molecule has 1 unspecified atom stereocenters. The number of aryl methyl sites for hydroxylation is 1. The number of rotatable bonds is 5. The molecule has 1 saturated carbocycles. The Balaban J connectivity index is 1.75. The van der Waals surface area contributed by atoms with Crippen molar-refractivity contribution in [3.63, 3.8) is 0 Å². The summed E-state index contributed by atoms with van der Waals surface area (Å²) in [5.74, 6) is 0.767. The molecular weight excluding hydrogens is 190 g/mol. The molecule has 0 bridgehead atoms. The zero-order chi connectivity index (χ0) is 9.97. The molecule has 2 rings (SSSR count). The maximum Gasteiger partial charge on any atom is 0.00683 e. The van der Waals surface area contributed by atoms with Crippen molar-refractivity contribution in [2.45, 2.75) is 39.2 Å². The Bertz CT molecular complexity index is 288. The summed E-state index contributed by atoms with van der Waals surface area (Å²) in [5.41, 5.74) is 1.54. The van der Waals surface area contributed by atoms with E-state index in [9.17, 15) is 0 Å². The summed E-state index contributed by atoms with van der Waals surface area (Å²) in [6, 6.07) is 3.12. The lowest BCUT2D eigenvalue weighted by atomic mass is 10.0. The van der Waals surface area contributed by atoms with Crippen LogP contribution in [0.1, 0.15) is 30.2 Å². The van der Waals surface area contributed by atoms with Gasteiger partial charge >= 0.3 is 0 Å². The van der Waals surface area contributed by atoms with Gasteiger partial charge in [0.2, 0.25) is 0 Å². The molecule has 1 N–H and O–H groups in total. The Labute approximate surface area is 90.5 Å². The maximum atomic E-state index is 3.59. The highest BCUT2D eigenvalue weighted by Gasteiger charge is 2.20. The summed E-state index contributed by atoms with van der Waals surface area (Å²) in [4.78, 5) is 1.49. The highest BCUT2D eigenvalue weighted by atomic mass is 32.1. The number of nitrogens with one attached hydrogen (secondary N) is 1. The monoisotopic (exact) mass is 209 g/mol. The molecule has 14 heavy (non-hydrogen) atoms. The van der Waals surface area contributed by atoms with Gasteiger partial charge in [-0.1, -0.05) is 6.92 Å². The van der Waals surface area contributed by atoms with E-state index >= 15 is 0 Å². The fourth-order valence-electron chi connectivity index (χ4n) is 1.73. The average Bonchev–Trinajstić information content (AvgIpc) is 2.90. The molecule has 1 aliphatic carbocycles. The standard InChI is InChI=1S/C12H19NS/c1-9(8-13-12-3-4-12)7-11-5-6-14-10(11)2/h5-6,9,12-13H,3-4,7-8H2,1-2H3. The molecule has 0 aromatic carbocycles. The van der Waals surface area contributed by atoms with Crippen molar-refractivity contribution in [1.29, 1.82) is 0 Å². The Morgan fingerprint density at radius 2 is 2.36 bits per heavy atom. The van der Waals surface area contributed by atoms with Crippen LogP contribution in [0.25, 0.3) is 0 Å². The van der Waals surface area contributed by atoms with Crippen LogP contribution in [0, 0.1) is 12.8 Å². The van der Waals surface area contributed by atoms with Gasteiger partial charge in [0.05, 0.1) is 0 Å². The van der Waals surface area contributed by atoms with Gasteiger partial charge in [0.25, 0.3) is 0 Å². The second-order valence-corrected chi connectivity index (χ2v) is 5.61. The van der Waals surface area contributed by atoms with E-state index in [0.29, 0.717) is 0 Å². The predicted octanol–water partition coefficient (Wildman–Crippen LogP) is 2.99. The first-order valence-electron chi connectivity index (χ1n) is 5.52. The van der Waals surface area contributed by atoms with Crippen LogP contribution >= 0.6 is 11.3 Å². The zero-order valence-corrected chi connectivity index (χ0v) is 9.86. The van der Waals surface area contributed by atoms with Gasteiger partial charge in [0.1, 0.15) is 0 Å². The van der Waals surface area contributed by atoms with Crippen molar-refractivity contribution < 1.29 is 0 Å². The molecule has 1 fully saturated rings. The van der Waals surface area contributed by atoms with Crippen molar-refractivity contribution in [1.82, 2.24) is 5.32 Å². The van der Waals surface area contributed by atoms with Gasteiger partial charge in [-0.25, -0.2) is 0 Å². The third kappa shape index (κ3) is 2.82. The van der Waals surface area contributed by atoms with Crippen LogP contribution in [0.3, 0.4) is 0 Å². The van der Waals surface area contributed by atoms with Gasteiger partial charge in [-0.05, 0) is 55.7 Å². The predicted molar refractivity (Wildman–Crippen MR) is 62.9 cm³/mol. The van der Waals surface area contributed by atoms with E-state index in [1.54, 1.807) is 5.56 Å². The smallest absolute Gasteiger partial charge is 0.00683 e. The van der Waals surface area contributed by atoms with Crippen LogP contribution in [0.5, 0.6) is 0 Å². The van der Waals surface area contributed by atoms with E-state index in [0.717, 1.165) is 12.0 Å². The first-order valence-corrected chi connectivity index (χ1v) is 6.40. The van der Waals surface area contributed by atoms with Gasteiger partial charge in [-0.2, -0.15) is 0 Å². The summed E-state index contributed by atoms with van der Waals surface area (Å²) >= 11 is 1.86. The summed E-state index contributed by atoms with van der Waals surface area (Å²) in [7, 11) is 0. The highest BCUT2D eigenvalue weighted by molar-refractivity contribution is 7.10. The molecule has 0 saturated heterocycles. The Hall–Kier alpha value is -0.340. The molecule has 1 nitrogen and oxygen atoms in total. The molecule has 78 valence electrons. The maximum absolute atomic E-state index is 3.59. The van der Waals surface area contributed by atoms with E-state index in [-0.39, 0.29) is 0 Å². The molecule has 1 heterocycles. The third-order valence-electron chi connectivity index (χ3n) is 2.87. The quantitative estimate of drug-likeness (QED) is 0.786. The first kappa shape index (κ1) is 10.2. The molecular formula is C12H19NS. The minimum absolute atomic E-state index is 0.767. The van der Waals surface area contributed by atoms with E-state index in [1.165, 1.54) is 30.7 Å². The lowest BCUT2D eigenvalue weighted by Gasteiger charge is -2.11. The normalized spacial score (nSPS) is 18.4. The van der Waals surface area contributed by atoms with Gasteiger partial charge in [0, 0.05) is 10.9 Å². The van der Waals surface area contributed by atoms with Gasteiger partial charge in [0.15, 0.2) is 0 Å². The highest BCUT2D eigenvalue weighted by Crippen LogP contribution is 2.21. The topological polar surface area (TPSA) is 12.0 Å². The van der Waals surface area contributed by atoms with Crippen molar-refractivity contribution >= 4 is 11.3 Å². The lowest BCUT2D eigenvalue weighted by Crippen LogP contribution is -2.24. The van der Waals surface area contributed by atoms with Crippen molar-refractivity contribution in [2.24, 2.45) is 5.92 Å². The van der Waals surface area contributed by atoms with Crippen molar-refractivity contribution in [3.05, 3.63) is 21.9 Å². The Morgan fingerprint density at radius 1 is 1.57 bits per heavy atom. The number of hydrogen-bond donors (Lipinski definition) is 1. The van der Waals surface area contributed by atoms with Gasteiger partial charge in [-0.15, -0.1) is 11.3 Å². The molecule has 1 atom stereocenters. The zero-order valence-electron chi connectivity index (χ0n) is 9.05. The van der Waals surface area contributed by atoms with E-state index in [1.807, 2.05) is 11.3 Å². The molecule has 0 radical (unpaired) electrons. The molecule has 0 amide bonds. The van der Waals surface area contributed by atoms with E-state index < -0.39 is 0 Å². The third-order valence-corrected chi connectivity index (χ3v) is 3.75. The molecule has 1 aliphatic rings. The largest absolute Gasteiger partial charge is 0.314 e. The molecule has 0 aliphatic heterocycles. The van der Waals surface area contributed by atoms with Crippen molar-refractivity contribution in [3.8, 4) is 0 Å². The van der Waals surface area contributed by atoms with Crippen LogP contribution < -0.4 is 5.32 Å². The fraction of sp³-hybridized carbons (Fsp3) is 0.667. The second-order valence-electron chi connectivity index (χ2n) is 4.49. The number of hydrogen-bond acceptors (Lipinski definition) is 2. The first-order chi connectivity index (χ1) is 6.75. The molecule has 0 spiro atoms. The minimum atomic E-state index is 0.767. The number of thiophene rings is 1. The molecule has 1 aromatic heterocycles. The van der Waals surface area contributed by atoms with Crippen LogP contribution in [0.2, 0.25) is 0 Å². The minimum Gasteiger partial charge on any atom is -0.314 e. The summed E-state index contributed by atoms with van der Waals surface area (Å²) in [6.07, 6.45) is 4.02. The van der Waals surface area contributed by atoms with Crippen LogP contribution in [-0.4, -0.2) is 12.6 Å². The van der Waals surface area contributed by atoms with E-state index in [2.05, 4.69) is 30.6 Å². The van der Waals surface area contributed by atoms with Crippen LogP contribution in [-0.2, 0) is 6.42 Å². The lowest BCUT2D eigenvalue weighted by molar-refractivity contribution is 0.509. The fourth-order valence-corrected chi connectivity index (χ4v) is 2.47. The second kappa shape index (κ2) is 4.45. The Morgan fingerprint density at radius 3 is 2.93 bits per heavy atom. The van der Waals surface area contributed by atoms with Crippen molar-refractivity contribution in [2.75, 3.05) is 6.54 Å². The average molecular weight is 209 g/mol. The Kier molecular flexibility index (Phi) is 3.24. The molecule has 2 heteroatoms.